The molecule has 16 heavy (non-hydrogen) atoms. The van der Waals surface area contributed by atoms with Crippen LogP contribution in [0.2, 0.25) is 0 Å². The first kappa shape index (κ1) is 10.9. The average molecular weight is 217 g/mol. The minimum absolute atomic E-state index is 0.409. The molecule has 0 amide bonds. The lowest BCUT2D eigenvalue weighted by Gasteiger charge is -2.19. The van der Waals surface area contributed by atoms with Gasteiger partial charge in [0.2, 0.25) is 0 Å². The Morgan fingerprint density at radius 3 is 2.94 bits per heavy atom. The molecule has 2 rings (SSSR count). The first-order chi connectivity index (χ1) is 7.68. The van der Waals surface area contributed by atoms with E-state index in [4.69, 9.17) is 10.8 Å². The van der Waals surface area contributed by atoms with Crippen LogP contribution in [0.4, 0.5) is 0 Å². The third-order valence-corrected chi connectivity index (χ3v) is 2.92. The van der Waals surface area contributed by atoms with E-state index < -0.39 is 12.0 Å². The maximum absolute atomic E-state index is 10.7. The van der Waals surface area contributed by atoms with Crippen LogP contribution in [0.3, 0.4) is 0 Å². The van der Waals surface area contributed by atoms with Gasteiger partial charge in [-0.05, 0) is 36.0 Å². The van der Waals surface area contributed by atoms with Crippen molar-refractivity contribution in [2.45, 2.75) is 25.3 Å². The highest BCUT2D eigenvalue weighted by molar-refractivity contribution is 5.79. The highest BCUT2D eigenvalue weighted by atomic mass is 16.4. The molecule has 0 saturated carbocycles. The zero-order valence-corrected chi connectivity index (χ0v) is 9.02. The third-order valence-electron chi connectivity index (χ3n) is 2.92. The molecule has 0 fully saturated rings. The molecule has 1 aliphatic rings. The topological polar surface area (TPSA) is 63.3 Å². The lowest BCUT2D eigenvalue weighted by atomic mass is 9.88. The standard InChI is InChI=1S/C13H15NO2/c14-12(13(15)16)8-10-6-3-5-9-4-1-2-7-11(9)10/h1-2,4,6-7,12H,3,5,8,14H2,(H,15,16). The van der Waals surface area contributed by atoms with E-state index in [0.717, 1.165) is 24.0 Å². The van der Waals surface area contributed by atoms with Gasteiger partial charge in [-0.3, -0.25) is 4.79 Å². The van der Waals surface area contributed by atoms with Crippen molar-refractivity contribution in [2.24, 2.45) is 5.73 Å². The second kappa shape index (κ2) is 4.49. The van der Waals surface area contributed by atoms with Crippen molar-refractivity contribution >= 4 is 11.5 Å². The van der Waals surface area contributed by atoms with Gasteiger partial charge in [-0.15, -0.1) is 0 Å². The van der Waals surface area contributed by atoms with Crippen molar-refractivity contribution < 1.29 is 9.90 Å². The quantitative estimate of drug-likeness (QED) is 0.811. The Hall–Kier alpha value is -1.61. The summed E-state index contributed by atoms with van der Waals surface area (Å²) in [5.41, 5.74) is 9.08. The minimum atomic E-state index is -0.941. The van der Waals surface area contributed by atoms with Gasteiger partial charge in [0.1, 0.15) is 6.04 Å². The van der Waals surface area contributed by atoms with Gasteiger partial charge in [-0.1, -0.05) is 30.3 Å². The molecule has 0 aromatic heterocycles. The molecule has 1 aromatic rings. The molecule has 3 N–H and O–H groups in total. The van der Waals surface area contributed by atoms with Crippen LogP contribution < -0.4 is 5.73 Å². The lowest BCUT2D eigenvalue weighted by Crippen LogP contribution is -2.30. The Morgan fingerprint density at radius 1 is 1.44 bits per heavy atom. The molecular formula is C13H15NO2. The summed E-state index contributed by atoms with van der Waals surface area (Å²) in [6.07, 6.45) is 4.51. The van der Waals surface area contributed by atoms with E-state index in [-0.39, 0.29) is 0 Å². The zero-order valence-electron chi connectivity index (χ0n) is 9.02. The first-order valence-electron chi connectivity index (χ1n) is 5.44. The highest BCUT2D eigenvalue weighted by Crippen LogP contribution is 2.29. The maximum Gasteiger partial charge on any atom is 0.320 e. The highest BCUT2D eigenvalue weighted by Gasteiger charge is 2.18. The summed E-state index contributed by atoms with van der Waals surface area (Å²) >= 11 is 0. The number of benzene rings is 1. The molecule has 3 nitrogen and oxygen atoms in total. The van der Waals surface area contributed by atoms with Crippen molar-refractivity contribution in [3.05, 3.63) is 41.5 Å². The van der Waals surface area contributed by atoms with Gasteiger partial charge >= 0.3 is 5.97 Å². The third kappa shape index (κ3) is 2.14. The summed E-state index contributed by atoms with van der Waals surface area (Å²) < 4.78 is 0. The number of carboxylic acids is 1. The molecule has 1 aliphatic carbocycles. The molecule has 1 atom stereocenters. The van der Waals surface area contributed by atoms with E-state index >= 15 is 0 Å². The lowest BCUT2D eigenvalue weighted by molar-refractivity contribution is -0.138. The predicted octanol–water partition coefficient (Wildman–Crippen LogP) is 1.82. The van der Waals surface area contributed by atoms with Crippen molar-refractivity contribution in [2.75, 3.05) is 0 Å². The van der Waals surface area contributed by atoms with Crippen LogP contribution in [-0.4, -0.2) is 17.1 Å². The molecule has 0 radical (unpaired) electrons. The summed E-state index contributed by atoms with van der Waals surface area (Å²) in [4.78, 5) is 10.7. The van der Waals surface area contributed by atoms with Crippen LogP contribution in [0.25, 0.3) is 5.57 Å². The number of carbonyl (C=O) groups is 1. The van der Waals surface area contributed by atoms with Crippen molar-refractivity contribution in [3.8, 4) is 0 Å². The fraction of sp³-hybridized carbons (Fsp3) is 0.308. The minimum Gasteiger partial charge on any atom is -0.480 e. The number of hydrogen-bond acceptors (Lipinski definition) is 2. The largest absolute Gasteiger partial charge is 0.480 e. The van der Waals surface area contributed by atoms with Crippen LogP contribution >= 0.6 is 0 Å². The van der Waals surface area contributed by atoms with Crippen molar-refractivity contribution in [3.63, 3.8) is 0 Å². The molecule has 1 unspecified atom stereocenters. The van der Waals surface area contributed by atoms with Gasteiger partial charge in [-0.2, -0.15) is 0 Å². The van der Waals surface area contributed by atoms with Crippen LogP contribution in [0.1, 0.15) is 24.0 Å². The number of hydrogen-bond donors (Lipinski definition) is 2. The smallest absolute Gasteiger partial charge is 0.320 e. The molecular weight excluding hydrogens is 202 g/mol. The van der Waals surface area contributed by atoms with Gasteiger partial charge in [0.05, 0.1) is 0 Å². The summed E-state index contributed by atoms with van der Waals surface area (Å²) in [6, 6.07) is 7.31. The number of aryl methyl sites for hydroxylation is 1. The van der Waals surface area contributed by atoms with E-state index in [2.05, 4.69) is 12.1 Å². The number of aliphatic carboxylic acids is 1. The second-order valence-corrected chi connectivity index (χ2v) is 4.07. The summed E-state index contributed by atoms with van der Waals surface area (Å²) in [5.74, 6) is -0.941. The summed E-state index contributed by atoms with van der Waals surface area (Å²) in [7, 11) is 0. The van der Waals surface area contributed by atoms with Crippen LogP contribution in [0.15, 0.2) is 30.3 Å². The monoisotopic (exact) mass is 217 g/mol. The van der Waals surface area contributed by atoms with Gasteiger partial charge in [0, 0.05) is 0 Å². The van der Waals surface area contributed by atoms with Gasteiger partial charge in [0.15, 0.2) is 0 Å². The molecule has 1 aromatic carbocycles. The van der Waals surface area contributed by atoms with E-state index in [9.17, 15) is 4.79 Å². The SMILES string of the molecule is NC(CC1=CCCc2ccccc21)C(=O)O. The summed E-state index contributed by atoms with van der Waals surface area (Å²) in [5, 5.41) is 8.81. The number of fused-ring (bicyclic) bond motifs is 1. The van der Waals surface area contributed by atoms with E-state index in [1.807, 2.05) is 18.2 Å². The molecule has 0 spiro atoms. The van der Waals surface area contributed by atoms with Crippen LogP contribution in [0, 0.1) is 0 Å². The molecule has 84 valence electrons. The molecule has 3 heteroatoms. The molecule has 0 bridgehead atoms. The predicted molar refractivity (Wildman–Crippen MR) is 63.0 cm³/mol. The normalized spacial score (nSPS) is 16.2. The van der Waals surface area contributed by atoms with Crippen LogP contribution in [-0.2, 0) is 11.2 Å². The number of rotatable bonds is 3. The Morgan fingerprint density at radius 2 is 2.19 bits per heavy atom. The zero-order chi connectivity index (χ0) is 11.5. The first-order valence-corrected chi connectivity index (χ1v) is 5.44. The molecule has 0 saturated heterocycles. The number of allylic oxidation sites excluding steroid dienone is 1. The van der Waals surface area contributed by atoms with E-state index in [0.29, 0.717) is 6.42 Å². The van der Waals surface area contributed by atoms with Crippen molar-refractivity contribution in [1.82, 2.24) is 0 Å². The fourth-order valence-corrected chi connectivity index (χ4v) is 2.08. The molecule has 0 aliphatic heterocycles. The van der Waals surface area contributed by atoms with E-state index in [1.165, 1.54) is 5.56 Å². The van der Waals surface area contributed by atoms with Crippen LogP contribution in [0.5, 0.6) is 0 Å². The van der Waals surface area contributed by atoms with Gasteiger partial charge < -0.3 is 10.8 Å². The second-order valence-electron chi connectivity index (χ2n) is 4.07. The average Bonchev–Trinajstić information content (AvgIpc) is 2.29. The number of nitrogens with two attached hydrogens (primary N) is 1. The Bertz CT molecular complexity index is 437. The van der Waals surface area contributed by atoms with Crippen molar-refractivity contribution in [1.29, 1.82) is 0 Å². The fourth-order valence-electron chi connectivity index (χ4n) is 2.08. The van der Waals surface area contributed by atoms with E-state index in [1.54, 1.807) is 0 Å². The summed E-state index contributed by atoms with van der Waals surface area (Å²) in [6.45, 7) is 0. The Labute approximate surface area is 94.6 Å². The van der Waals surface area contributed by atoms with Gasteiger partial charge in [0.25, 0.3) is 0 Å². The molecule has 0 heterocycles. The Balaban J connectivity index is 2.23. The van der Waals surface area contributed by atoms with Gasteiger partial charge in [-0.25, -0.2) is 0 Å². The Kier molecular flexibility index (Phi) is 3.06. The maximum atomic E-state index is 10.7. The number of carboxylic acid groups (broad SMARTS) is 1.